The highest BCUT2D eigenvalue weighted by atomic mass is 16.5. The Kier molecular flexibility index (Phi) is 19.3. The van der Waals surface area contributed by atoms with Crippen LogP contribution in [0, 0.1) is 10.8 Å². The highest BCUT2D eigenvalue weighted by Crippen LogP contribution is 2.28. The van der Waals surface area contributed by atoms with Gasteiger partial charge in [-0.15, -0.1) is 0 Å². The Hall–Kier alpha value is -3.98. The van der Waals surface area contributed by atoms with E-state index in [1.165, 1.54) is 24.0 Å². The molecule has 2 aromatic rings. The summed E-state index contributed by atoms with van der Waals surface area (Å²) >= 11 is 0. The van der Waals surface area contributed by atoms with Crippen LogP contribution in [0.1, 0.15) is 123 Å². The normalized spacial score (nSPS) is 17.1. The van der Waals surface area contributed by atoms with Gasteiger partial charge in [0.25, 0.3) is 11.8 Å². The van der Waals surface area contributed by atoms with Crippen LogP contribution in [0.15, 0.2) is 66.9 Å². The molecule has 0 saturated carbocycles. The molecular formula is C47H70N2O7. The molecule has 0 aromatic heterocycles. The van der Waals surface area contributed by atoms with Crippen molar-refractivity contribution in [3.05, 3.63) is 78.1 Å². The third-order valence-electron chi connectivity index (χ3n) is 11.1. The summed E-state index contributed by atoms with van der Waals surface area (Å²) in [6, 6.07) is 18.4. The molecule has 0 radical (unpaired) electrons. The van der Waals surface area contributed by atoms with Crippen LogP contribution in [-0.4, -0.2) is 85.3 Å². The van der Waals surface area contributed by atoms with Crippen LogP contribution in [0.2, 0.25) is 0 Å². The Morgan fingerprint density at radius 3 is 2.00 bits per heavy atom. The van der Waals surface area contributed by atoms with E-state index in [4.69, 9.17) is 14.2 Å². The second-order valence-corrected chi connectivity index (χ2v) is 16.9. The quantitative estimate of drug-likeness (QED) is 0.0752. The molecule has 2 atom stereocenters. The zero-order chi connectivity index (χ0) is 41.1. The molecule has 2 aromatic carbocycles. The van der Waals surface area contributed by atoms with Crippen molar-refractivity contribution < 1.29 is 33.4 Å². The fourth-order valence-corrected chi connectivity index (χ4v) is 6.94. The van der Waals surface area contributed by atoms with Gasteiger partial charge in [0.15, 0.2) is 0 Å². The number of aryl methyl sites for hydroxylation is 2. The minimum Gasteiger partial charge on any atom is -0.497 e. The largest absolute Gasteiger partial charge is 0.497 e. The molecule has 2 aliphatic heterocycles. The van der Waals surface area contributed by atoms with E-state index in [-0.39, 0.29) is 29.6 Å². The summed E-state index contributed by atoms with van der Waals surface area (Å²) in [5.74, 6) is 0.153. The van der Waals surface area contributed by atoms with Gasteiger partial charge in [-0.25, -0.2) is 0 Å². The second kappa shape index (κ2) is 23.3. The summed E-state index contributed by atoms with van der Waals surface area (Å²) in [6.45, 7) is 18.1. The van der Waals surface area contributed by atoms with Crippen molar-refractivity contribution in [2.75, 3.05) is 40.0 Å². The molecule has 0 bridgehead atoms. The van der Waals surface area contributed by atoms with E-state index in [1.807, 2.05) is 51.1 Å². The van der Waals surface area contributed by atoms with Crippen molar-refractivity contribution in [1.82, 2.24) is 9.80 Å². The van der Waals surface area contributed by atoms with Gasteiger partial charge < -0.3 is 24.0 Å². The molecule has 4 rings (SSSR count). The highest BCUT2D eigenvalue weighted by Gasteiger charge is 2.40. The molecule has 0 N–H and O–H groups in total. The lowest BCUT2D eigenvalue weighted by atomic mass is 9.84. The number of ketones is 2. The van der Waals surface area contributed by atoms with E-state index in [2.05, 4.69) is 30.8 Å². The predicted molar refractivity (Wildman–Crippen MR) is 223 cm³/mol. The van der Waals surface area contributed by atoms with Crippen LogP contribution in [0.3, 0.4) is 0 Å². The first-order chi connectivity index (χ1) is 26.7. The van der Waals surface area contributed by atoms with Gasteiger partial charge in [-0.1, -0.05) is 103 Å². The number of benzene rings is 2. The van der Waals surface area contributed by atoms with Crippen LogP contribution in [0.25, 0.3) is 0 Å². The van der Waals surface area contributed by atoms with Crippen LogP contribution >= 0.6 is 0 Å². The topological polar surface area (TPSA) is 102 Å². The zero-order valence-electron chi connectivity index (χ0n) is 35.5. The van der Waals surface area contributed by atoms with Crippen molar-refractivity contribution in [2.24, 2.45) is 10.8 Å². The number of unbranched alkanes of at least 4 members (excludes halogenated alkanes) is 3. The summed E-state index contributed by atoms with van der Waals surface area (Å²) in [6.07, 6.45) is 12.8. The Labute approximate surface area is 337 Å². The van der Waals surface area contributed by atoms with E-state index in [0.29, 0.717) is 45.1 Å². The molecule has 2 amide bonds. The molecule has 2 fully saturated rings. The molecule has 0 spiro atoms. The molecule has 9 nitrogen and oxygen atoms in total. The number of methoxy groups -OCH3 is 1. The average Bonchev–Trinajstić information content (AvgIpc) is 3.70. The summed E-state index contributed by atoms with van der Waals surface area (Å²) < 4.78 is 16.9. The van der Waals surface area contributed by atoms with Gasteiger partial charge in [0, 0.05) is 30.5 Å². The maximum Gasteiger partial charge on any atom is 0.291 e. The number of piperidine rings is 1. The fraction of sp³-hybridized carbons (Fsp3) is 0.617. The van der Waals surface area contributed by atoms with Crippen molar-refractivity contribution in [1.29, 1.82) is 0 Å². The molecule has 0 aliphatic carbocycles. The summed E-state index contributed by atoms with van der Waals surface area (Å²) in [5, 5.41) is 0. The van der Waals surface area contributed by atoms with Crippen molar-refractivity contribution in [3.8, 4) is 5.75 Å². The fourth-order valence-electron chi connectivity index (χ4n) is 6.94. The van der Waals surface area contributed by atoms with Crippen LogP contribution in [0.4, 0.5) is 0 Å². The molecule has 2 saturated heterocycles. The molecule has 2 heterocycles. The first-order valence-corrected chi connectivity index (χ1v) is 21.0. The maximum atomic E-state index is 12.7. The Morgan fingerprint density at radius 1 is 0.714 bits per heavy atom. The van der Waals surface area contributed by atoms with Gasteiger partial charge in [0.05, 0.1) is 32.4 Å². The minimum atomic E-state index is -0.633. The number of rotatable bonds is 20. The summed E-state index contributed by atoms with van der Waals surface area (Å²) in [5.41, 5.74) is 1.37. The Bertz CT molecular complexity index is 1530. The van der Waals surface area contributed by atoms with Crippen LogP contribution < -0.4 is 4.74 Å². The van der Waals surface area contributed by atoms with Crippen molar-refractivity contribution in [2.45, 2.75) is 137 Å². The van der Waals surface area contributed by atoms with Crippen LogP contribution in [-0.2, 0) is 41.5 Å². The second-order valence-electron chi connectivity index (χ2n) is 16.9. The number of likely N-dealkylation sites (tertiary alicyclic amines) is 2. The number of carbonyl (C=O) groups is 4. The highest BCUT2D eigenvalue weighted by molar-refractivity contribution is 6.38. The zero-order valence-corrected chi connectivity index (χ0v) is 35.5. The maximum absolute atomic E-state index is 12.7. The average molecular weight is 775 g/mol. The van der Waals surface area contributed by atoms with E-state index in [0.717, 1.165) is 70.0 Å². The standard InChI is InChI=1S/C25H39NO4.C22H31NO3/c1-25(2,3)23(27)24(28)26-17-9-8-12-21(26)19-30-18-10-6-5-7-11-20-13-15-22(29-4)16-14-20;1-5-22(3,4)20(24)21(25)23-15-9-14-19(23)17(2)26-16-10-13-18-11-7-6-8-12-18/h13-16,21H,5-12,17-19H2,1-4H3;6-8,11-12,19H,2,5,9-10,13-16H2,1,3-4H3/t21-;19-/m00/s1. The van der Waals surface area contributed by atoms with Crippen molar-refractivity contribution >= 4 is 23.4 Å². The Morgan fingerprint density at radius 2 is 1.34 bits per heavy atom. The predicted octanol–water partition coefficient (Wildman–Crippen LogP) is 8.96. The molecule has 56 heavy (non-hydrogen) atoms. The molecule has 310 valence electrons. The molecule has 0 unspecified atom stereocenters. The van der Waals surface area contributed by atoms with Gasteiger partial charge >= 0.3 is 0 Å². The van der Waals surface area contributed by atoms with Gasteiger partial charge in [-0.05, 0) is 93.9 Å². The monoisotopic (exact) mass is 775 g/mol. The lowest BCUT2D eigenvalue weighted by Crippen LogP contribution is -2.51. The van der Waals surface area contributed by atoms with E-state index < -0.39 is 16.7 Å². The number of nitrogens with zero attached hydrogens (tertiary/aromatic N) is 2. The molecular weight excluding hydrogens is 705 g/mol. The van der Waals surface area contributed by atoms with Gasteiger partial charge in [0.1, 0.15) is 11.5 Å². The lowest BCUT2D eigenvalue weighted by molar-refractivity contribution is -0.152. The van der Waals surface area contributed by atoms with Gasteiger partial charge in [-0.3, -0.25) is 19.2 Å². The third kappa shape index (κ3) is 14.8. The van der Waals surface area contributed by atoms with Gasteiger partial charge in [0.2, 0.25) is 11.6 Å². The number of Topliss-reactive ketones (excluding diaryl/α,β-unsaturated/α-hetero) is 2. The number of hydrogen-bond acceptors (Lipinski definition) is 7. The third-order valence-corrected chi connectivity index (χ3v) is 11.1. The van der Waals surface area contributed by atoms with E-state index in [1.54, 1.807) is 37.7 Å². The summed E-state index contributed by atoms with van der Waals surface area (Å²) in [7, 11) is 1.69. The van der Waals surface area contributed by atoms with E-state index in [9.17, 15) is 19.2 Å². The number of amides is 2. The smallest absolute Gasteiger partial charge is 0.291 e. The van der Waals surface area contributed by atoms with Gasteiger partial charge in [-0.2, -0.15) is 0 Å². The first kappa shape index (κ1) is 46.4. The van der Waals surface area contributed by atoms with E-state index >= 15 is 0 Å². The number of carbonyl (C=O) groups excluding carboxylic acids is 4. The molecule has 2 aliphatic rings. The number of hydrogen-bond donors (Lipinski definition) is 0. The summed E-state index contributed by atoms with van der Waals surface area (Å²) in [4.78, 5) is 53.6. The first-order valence-electron chi connectivity index (χ1n) is 21.0. The minimum absolute atomic E-state index is 0.0348. The van der Waals surface area contributed by atoms with Crippen LogP contribution in [0.5, 0.6) is 5.75 Å². The van der Waals surface area contributed by atoms with Crippen molar-refractivity contribution in [3.63, 3.8) is 0 Å². The number of ether oxygens (including phenoxy) is 3. The lowest BCUT2D eigenvalue weighted by Gasteiger charge is -2.36. The molecule has 9 heteroatoms. The SMILES string of the molecule is C=C(OCCCc1ccccc1)[C@@H]1CCCN1C(=O)C(=O)C(C)(C)CC.COc1ccc(CCCCCCOC[C@@H]2CCCCN2C(=O)C(=O)C(C)(C)C)cc1. The Balaban J connectivity index is 0.000000303.